The molecule has 1 aliphatic rings. The lowest BCUT2D eigenvalue weighted by Gasteiger charge is -2.53. The summed E-state index contributed by atoms with van der Waals surface area (Å²) in [5.74, 6) is 0. The van der Waals surface area contributed by atoms with Crippen molar-refractivity contribution in [2.45, 2.75) is 58.7 Å². The van der Waals surface area contributed by atoms with Gasteiger partial charge in [0.05, 0.1) is 71.0 Å². The molecule has 1 aromatic rings. The molecule has 2 rings (SSSR count). The zero-order valence-corrected chi connectivity index (χ0v) is 17.3. The normalized spacial score (nSPS) is 20.2. The molecule has 0 N–H and O–H groups in total. The Morgan fingerprint density at radius 1 is 0.786 bits per heavy atom. The van der Waals surface area contributed by atoms with Crippen LogP contribution in [-0.2, 0) is 19.1 Å². The van der Waals surface area contributed by atoms with E-state index in [1.54, 1.807) is 0 Å². The molecule has 0 atom stereocenters. The number of benzene rings is 1. The van der Waals surface area contributed by atoms with Gasteiger partial charge in [-0.05, 0) is 45.3 Å². The van der Waals surface area contributed by atoms with E-state index in [-0.39, 0.29) is 4.90 Å². The summed E-state index contributed by atoms with van der Waals surface area (Å²) in [6, 6.07) is 5.56. The highest BCUT2D eigenvalue weighted by Gasteiger charge is 2.54. The monoisotopic (exact) mass is 380 g/mol. The Bertz CT molecular complexity index is 810. The molecule has 1 saturated heterocycles. The minimum absolute atomic E-state index is 0.272. The Kier molecular flexibility index (Phi) is 5.81. The fraction of sp³-hybridized carbons (Fsp3) is 0.600. The van der Waals surface area contributed by atoms with Gasteiger partial charge < -0.3 is 9.31 Å². The van der Waals surface area contributed by atoms with E-state index >= 15 is 0 Å². The molecule has 0 saturated carbocycles. The minimum atomic E-state index is -4.56. The first kappa shape index (κ1) is 23.9. The molecular formula is C15H16B8O4S. The maximum atomic E-state index is 13.1. The molecule has 0 bridgehead atoms. The predicted octanol–water partition coefficient (Wildman–Crippen LogP) is -1.22. The van der Waals surface area contributed by atoms with Crippen molar-refractivity contribution in [3.8, 4) is 0 Å². The van der Waals surface area contributed by atoms with Gasteiger partial charge in [-0.3, -0.25) is 0 Å². The van der Waals surface area contributed by atoms with Crippen molar-refractivity contribution in [2.75, 3.05) is 0 Å². The summed E-state index contributed by atoms with van der Waals surface area (Å²) in [4.78, 5) is -0.272. The van der Waals surface area contributed by atoms with Gasteiger partial charge in [-0.25, -0.2) is 8.42 Å². The number of hydrogen-bond acceptors (Lipinski definition) is 4. The highest BCUT2D eigenvalue weighted by atomic mass is 32.2. The maximum absolute atomic E-state index is 13.1. The molecule has 28 heavy (non-hydrogen) atoms. The first-order chi connectivity index (χ1) is 12.3. The van der Waals surface area contributed by atoms with Gasteiger partial charge >= 0.3 is 7.12 Å². The third-order valence-corrected chi connectivity index (χ3v) is 7.87. The summed E-state index contributed by atoms with van der Waals surface area (Å²) in [5.41, 5.74) is -0.504. The molecule has 1 aromatic carbocycles. The van der Waals surface area contributed by atoms with E-state index in [0.29, 0.717) is 5.46 Å². The minimum Gasteiger partial charge on any atom is -0.399 e. The molecule has 0 unspecified atom stereocenters. The Labute approximate surface area is 178 Å². The average molecular weight is 379 g/mol. The van der Waals surface area contributed by atoms with Crippen molar-refractivity contribution in [2.24, 2.45) is 0 Å². The van der Waals surface area contributed by atoms with Gasteiger partial charge in [-0.15, -0.1) is 10.2 Å². The third-order valence-electron chi connectivity index (χ3n) is 5.43. The predicted molar refractivity (Wildman–Crippen MR) is 118 cm³/mol. The molecule has 1 heterocycles. The second-order valence-electron chi connectivity index (χ2n) is 8.26. The lowest BCUT2D eigenvalue weighted by Crippen LogP contribution is -2.60. The van der Waals surface area contributed by atoms with Gasteiger partial charge in [0.1, 0.15) is 0 Å². The molecule has 4 nitrogen and oxygen atoms in total. The fourth-order valence-corrected chi connectivity index (χ4v) is 4.61. The molecule has 0 amide bonds. The molecule has 13 heteroatoms. The number of hydrogen-bond donors (Lipinski definition) is 0. The van der Waals surface area contributed by atoms with E-state index in [1.807, 2.05) is 27.7 Å². The Hall–Kier alpha value is -0.391. The number of sulfone groups is 1. The molecular weight excluding hydrogens is 363 g/mol. The first-order valence-corrected chi connectivity index (χ1v) is 9.99. The zero-order valence-electron chi connectivity index (χ0n) is 16.5. The second kappa shape index (κ2) is 6.81. The summed E-state index contributed by atoms with van der Waals surface area (Å²) < 4.78 is 35.3. The second-order valence-corrected chi connectivity index (χ2v) is 10.4. The van der Waals surface area contributed by atoms with E-state index in [4.69, 9.17) is 64.2 Å². The van der Waals surface area contributed by atoms with Crippen LogP contribution in [0.3, 0.4) is 0 Å². The van der Waals surface area contributed by atoms with Crippen LogP contribution < -0.4 is 5.46 Å². The molecule has 0 aromatic heterocycles. The van der Waals surface area contributed by atoms with E-state index in [0.717, 1.165) is 0 Å². The van der Waals surface area contributed by atoms with Crippen LogP contribution >= 0.6 is 0 Å². The van der Waals surface area contributed by atoms with Crippen LogP contribution in [0.1, 0.15) is 27.7 Å². The van der Waals surface area contributed by atoms with Crippen molar-refractivity contribution < 1.29 is 17.7 Å². The lowest BCUT2D eigenvalue weighted by atomic mass is 9.21. The highest BCUT2D eigenvalue weighted by molar-refractivity contribution is 7.94. The Balaban J connectivity index is 2.45. The number of rotatable bonds is 5. The highest BCUT2D eigenvalue weighted by Crippen LogP contribution is 2.48. The van der Waals surface area contributed by atoms with Gasteiger partial charge in [-0.2, -0.15) is 0 Å². The van der Waals surface area contributed by atoms with Crippen LogP contribution in [0.4, 0.5) is 0 Å². The average Bonchev–Trinajstić information content (AvgIpc) is 2.72. The summed E-state index contributed by atoms with van der Waals surface area (Å²) in [7, 11) is 34.2. The van der Waals surface area contributed by atoms with Crippen molar-refractivity contribution in [3.05, 3.63) is 24.3 Å². The molecule has 1 fully saturated rings. The van der Waals surface area contributed by atoms with Gasteiger partial charge in [0, 0.05) is 4.65 Å². The van der Waals surface area contributed by atoms with Crippen molar-refractivity contribution in [1.82, 2.24) is 0 Å². The summed E-state index contributed by atoms with van der Waals surface area (Å²) in [6.07, 6.45) is 0. The topological polar surface area (TPSA) is 52.6 Å². The van der Waals surface area contributed by atoms with Crippen molar-refractivity contribution in [1.29, 1.82) is 0 Å². The van der Waals surface area contributed by atoms with Crippen molar-refractivity contribution >= 4 is 77.3 Å². The zero-order chi connectivity index (χ0) is 22.0. The molecule has 1 aliphatic heterocycles. The third kappa shape index (κ3) is 3.60. The van der Waals surface area contributed by atoms with Crippen LogP contribution in [-0.4, -0.2) is 86.3 Å². The Morgan fingerprint density at radius 2 is 1.14 bits per heavy atom. The van der Waals surface area contributed by atoms with Crippen LogP contribution in [0.5, 0.6) is 0 Å². The van der Waals surface area contributed by atoms with Gasteiger partial charge in [-0.1, -0.05) is 12.1 Å². The fourth-order valence-electron chi connectivity index (χ4n) is 2.81. The van der Waals surface area contributed by atoms with Crippen LogP contribution in [0.25, 0.3) is 0 Å². The van der Waals surface area contributed by atoms with E-state index in [9.17, 15) is 8.42 Å². The van der Waals surface area contributed by atoms with Crippen LogP contribution in [0.2, 0.25) is 10.2 Å². The van der Waals surface area contributed by atoms with E-state index in [1.165, 1.54) is 24.3 Å². The SMILES string of the molecule is [B]C([B])([B])C([B])(C([B])([B])[B])S(=O)(=O)c1ccc(B2OC(C)(C)C(C)(C)O2)cc1. The molecule has 130 valence electrons. The van der Waals surface area contributed by atoms with E-state index in [2.05, 4.69) is 0 Å². The quantitative estimate of drug-likeness (QED) is 0.603. The van der Waals surface area contributed by atoms with Crippen LogP contribution in [0.15, 0.2) is 29.2 Å². The summed E-state index contributed by atoms with van der Waals surface area (Å²) in [6.45, 7) is 7.62. The van der Waals surface area contributed by atoms with Crippen molar-refractivity contribution in [3.63, 3.8) is 0 Å². The van der Waals surface area contributed by atoms with Gasteiger partial charge in [0.25, 0.3) is 0 Å². The van der Waals surface area contributed by atoms with Crippen LogP contribution in [0, 0.1) is 0 Å². The largest absolute Gasteiger partial charge is 0.494 e. The Morgan fingerprint density at radius 3 is 1.46 bits per heavy atom. The summed E-state index contributed by atoms with van der Waals surface area (Å²) >= 11 is 0. The maximum Gasteiger partial charge on any atom is 0.494 e. The summed E-state index contributed by atoms with van der Waals surface area (Å²) in [5, 5.41) is -5.07. The first-order valence-electron chi connectivity index (χ1n) is 8.50. The molecule has 0 spiro atoms. The standard InChI is InChI=1S/C15H16B8O4S/c1-11(2)12(3,4)27-23(26-11)9-5-7-10(8-6-9)28(24,25)13(16,14(17,18)19)15(20,21)22/h5-8H,1-4H3. The lowest BCUT2D eigenvalue weighted by molar-refractivity contribution is 0.00578. The van der Waals surface area contributed by atoms with Gasteiger partial charge in [0.15, 0.2) is 9.84 Å². The smallest absolute Gasteiger partial charge is 0.399 e. The molecule has 0 aliphatic carbocycles. The van der Waals surface area contributed by atoms with E-state index < -0.39 is 43.0 Å². The van der Waals surface area contributed by atoms with Gasteiger partial charge in [0.2, 0.25) is 0 Å². The molecule has 14 radical (unpaired) electrons.